The van der Waals surface area contributed by atoms with Crippen LogP contribution in [0.5, 0.6) is 5.75 Å². The van der Waals surface area contributed by atoms with Crippen molar-refractivity contribution in [1.82, 2.24) is 0 Å². The molecule has 0 atom stereocenters. The van der Waals surface area contributed by atoms with Gasteiger partial charge in [-0.3, -0.25) is 0 Å². The van der Waals surface area contributed by atoms with E-state index in [4.69, 9.17) is 9.47 Å². The summed E-state index contributed by atoms with van der Waals surface area (Å²) in [5, 5.41) is 0. The maximum absolute atomic E-state index is 11.2. The molecular weight excluding hydrogens is 384 g/mol. The van der Waals surface area contributed by atoms with Crippen LogP contribution in [-0.4, -0.2) is 19.2 Å². The second-order valence-electron chi connectivity index (χ2n) is 8.75. The lowest BCUT2D eigenvalue weighted by Gasteiger charge is -2.07. The van der Waals surface area contributed by atoms with Gasteiger partial charge in [-0.25, -0.2) is 4.79 Å². The molecule has 3 heteroatoms. The SMILES string of the molecule is C=C(C)C(=O)OCCCCCCCCCCCCCCCOc1ccc(CCC)cc1. The van der Waals surface area contributed by atoms with Crippen LogP contribution in [0.4, 0.5) is 0 Å². The van der Waals surface area contributed by atoms with E-state index in [1.54, 1.807) is 6.92 Å². The third-order valence-corrected chi connectivity index (χ3v) is 5.60. The molecule has 0 amide bonds. The Labute approximate surface area is 191 Å². The van der Waals surface area contributed by atoms with Crippen LogP contribution in [0.3, 0.4) is 0 Å². The highest BCUT2D eigenvalue weighted by atomic mass is 16.5. The second-order valence-corrected chi connectivity index (χ2v) is 8.75. The van der Waals surface area contributed by atoms with Crippen LogP contribution in [0.15, 0.2) is 36.4 Å². The molecule has 0 fully saturated rings. The molecule has 0 aromatic heterocycles. The predicted molar refractivity (Wildman–Crippen MR) is 132 cm³/mol. The molecule has 0 aliphatic rings. The fraction of sp³-hybridized carbons (Fsp3) is 0.679. The van der Waals surface area contributed by atoms with Gasteiger partial charge in [-0.05, 0) is 43.9 Å². The van der Waals surface area contributed by atoms with Gasteiger partial charge in [0, 0.05) is 5.57 Å². The first kappa shape index (κ1) is 27.3. The highest BCUT2D eigenvalue weighted by molar-refractivity contribution is 5.86. The van der Waals surface area contributed by atoms with Gasteiger partial charge in [0.25, 0.3) is 0 Å². The van der Waals surface area contributed by atoms with Gasteiger partial charge in [0.1, 0.15) is 5.75 Å². The summed E-state index contributed by atoms with van der Waals surface area (Å²) in [7, 11) is 0. The van der Waals surface area contributed by atoms with Gasteiger partial charge in [0.05, 0.1) is 13.2 Å². The number of carbonyl (C=O) groups excluding carboxylic acids is 1. The molecule has 31 heavy (non-hydrogen) atoms. The van der Waals surface area contributed by atoms with Crippen molar-refractivity contribution in [2.75, 3.05) is 13.2 Å². The van der Waals surface area contributed by atoms with E-state index in [0.717, 1.165) is 38.0 Å². The zero-order chi connectivity index (χ0) is 22.6. The summed E-state index contributed by atoms with van der Waals surface area (Å²) < 4.78 is 11.0. The van der Waals surface area contributed by atoms with E-state index in [1.165, 1.54) is 76.2 Å². The van der Waals surface area contributed by atoms with Crippen molar-refractivity contribution in [2.24, 2.45) is 0 Å². The Bertz CT molecular complexity index is 576. The number of benzene rings is 1. The summed E-state index contributed by atoms with van der Waals surface area (Å²) in [5.74, 6) is 0.743. The van der Waals surface area contributed by atoms with Gasteiger partial charge < -0.3 is 9.47 Å². The number of carbonyl (C=O) groups is 1. The number of aryl methyl sites for hydroxylation is 1. The Morgan fingerprint density at radius 2 is 1.19 bits per heavy atom. The fourth-order valence-corrected chi connectivity index (χ4v) is 3.67. The normalized spacial score (nSPS) is 10.8. The Kier molecular flexibility index (Phi) is 16.7. The largest absolute Gasteiger partial charge is 0.494 e. The van der Waals surface area contributed by atoms with Crippen LogP contribution in [0.25, 0.3) is 0 Å². The maximum atomic E-state index is 11.2. The van der Waals surface area contributed by atoms with Gasteiger partial charge in [0.2, 0.25) is 0 Å². The van der Waals surface area contributed by atoms with Crippen LogP contribution in [0.2, 0.25) is 0 Å². The highest BCUT2D eigenvalue weighted by Crippen LogP contribution is 2.15. The summed E-state index contributed by atoms with van der Waals surface area (Å²) in [5.41, 5.74) is 1.88. The average Bonchev–Trinajstić information content (AvgIpc) is 2.77. The summed E-state index contributed by atoms with van der Waals surface area (Å²) in [4.78, 5) is 11.2. The number of unbranched alkanes of at least 4 members (excludes halogenated alkanes) is 12. The standard InChI is InChI=1S/C28H46O3/c1-4-18-26-19-21-27(22-20-26)30-23-16-14-12-10-8-6-5-7-9-11-13-15-17-24-31-28(29)25(2)3/h19-22H,2,4-18,23-24H2,1,3H3. The zero-order valence-electron chi connectivity index (χ0n) is 20.3. The number of hydrogen-bond donors (Lipinski definition) is 0. The maximum Gasteiger partial charge on any atom is 0.333 e. The Morgan fingerprint density at radius 3 is 1.65 bits per heavy atom. The molecule has 0 bridgehead atoms. The molecule has 1 rings (SSSR count). The monoisotopic (exact) mass is 430 g/mol. The third-order valence-electron chi connectivity index (χ3n) is 5.60. The smallest absolute Gasteiger partial charge is 0.333 e. The quantitative estimate of drug-likeness (QED) is 0.119. The van der Waals surface area contributed by atoms with Crippen LogP contribution < -0.4 is 4.74 Å². The van der Waals surface area contributed by atoms with Crippen LogP contribution in [0.1, 0.15) is 109 Å². The van der Waals surface area contributed by atoms with E-state index in [1.807, 2.05) is 0 Å². The minimum absolute atomic E-state index is 0.263. The van der Waals surface area contributed by atoms with Gasteiger partial charge in [-0.1, -0.05) is 103 Å². The van der Waals surface area contributed by atoms with Gasteiger partial charge in [-0.15, -0.1) is 0 Å². The molecule has 0 spiro atoms. The molecule has 0 saturated heterocycles. The van der Waals surface area contributed by atoms with Crippen molar-refractivity contribution in [2.45, 2.75) is 110 Å². The van der Waals surface area contributed by atoms with Crippen molar-refractivity contribution < 1.29 is 14.3 Å². The van der Waals surface area contributed by atoms with E-state index in [2.05, 4.69) is 37.8 Å². The Hall–Kier alpha value is -1.77. The van der Waals surface area contributed by atoms with Crippen molar-refractivity contribution >= 4 is 5.97 Å². The fourth-order valence-electron chi connectivity index (χ4n) is 3.67. The summed E-state index contributed by atoms with van der Waals surface area (Å²) in [6.45, 7) is 8.85. The van der Waals surface area contributed by atoms with E-state index in [9.17, 15) is 4.79 Å². The molecule has 3 nitrogen and oxygen atoms in total. The second kappa shape index (κ2) is 19.0. The summed E-state index contributed by atoms with van der Waals surface area (Å²) in [6, 6.07) is 8.58. The first-order valence-corrected chi connectivity index (χ1v) is 12.7. The molecule has 0 saturated carbocycles. The van der Waals surface area contributed by atoms with Crippen LogP contribution in [-0.2, 0) is 16.0 Å². The molecule has 0 aliphatic carbocycles. The lowest BCUT2D eigenvalue weighted by atomic mass is 10.0. The van der Waals surface area contributed by atoms with Gasteiger partial charge in [-0.2, -0.15) is 0 Å². The van der Waals surface area contributed by atoms with E-state index < -0.39 is 0 Å². The molecule has 176 valence electrons. The molecule has 0 unspecified atom stereocenters. The molecule has 0 aliphatic heterocycles. The minimum atomic E-state index is -0.263. The third kappa shape index (κ3) is 15.6. The first-order valence-electron chi connectivity index (χ1n) is 12.7. The average molecular weight is 431 g/mol. The van der Waals surface area contributed by atoms with Crippen LogP contribution >= 0.6 is 0 Å². The number of ether oxygens (including phenoxy) is 2. The first-order chi connectivity index (χ1) is 15.1. The van der Waals surface area contributed by atoms with Crippen LogP contribution in [0, 0.1) is 0 Å². The number of esters is 1. The number of rotatable bonds is 20. The molecule has 0 heterocycles. The molecule has 1 aromatic rings. The lowest BCUT2D eigenvalue weighted by molar-refractivity contribution is -0.139. The van der Waals surface area contributed by atoms with Crippen molar-refractivity contribution in [3.63, 3.8) is 0 Å². The van der Waals surface area contributed by atoms with Crippen molar-refractivity contribution in [3.8, 4) is 5.75 Å². The predicted octanol–water partition coefficient (Wildman–Crippen LogP) is 8.21. The van der Waals surface area contributed by atoms with E-state index >= 15 is 0 Å². The van der Waals surface area contributed by atoms with E-state index in [-0.39, 0.29) is 5.97 Å². The molecular formula is C28H46O3. The van der Waals surface area contributed by atoms with Crippen molar-refractivity contribution in [3.05, 3.63) is 42.0 Å². The van der Waals surface area contributed by atoms with Gasteiger partial charge in [0.15, 0.2) is 0 Å². The van der Waals surface area contributed by atoms with Gasteiger partial charge >= 0.3 is 5.97 Å². The Balaban J connectivity index is 1.78. The zero-order valence-corrected chi connectivity index (χ0v) is 20.3. The highest BCUT2D eigenvalue weighted by Gasteiger charge is 2.01. The summed E-state index contributed by atoms with van der Waals surface area (Å²) in [6.07, 6.45) is 18.9. The van der Waals surface area contributed by atoms with E-state index in [0.29, 0.717) is 12.2 Å². The Morgan fingerprint density at radius 1 is 0.742 bits per heavy atom. The summed E-state index contributed by atoms with van der Waals surface area (Å²) >= 11 is 0. The topological polar surface area (TPSA) is 35.5 Å². The lowest BCUT2D eigenvalue weighted by Crippen LogP contribution is -2.05. The number of hydrogen-bond acceptors (Lipinski definition) is 3. The molecule has 0 radical (unpaired) electrons. The molecule has 1 aromatic carbocycles. The van der Waals surface area contributed by atoms with Crippen molar-refractivity contribution in [1.29, 1.82) is 0 Å². The minimum Gasteiger partial charge on any atom is -0.494 e. The molecule has 0 N–H and O–H groups in total.